The molecule has 0 spiro atoms. The Hall–Kier alpha value is -4.18. The first-order valence-electron chi connectivity index (χ1n) is 10.1. The Labute approximate surface area is 187 Å². The van der Waals surface area contributed by atoms with Crippen molar-refractivity contribution in [2.24, 2.45) is 0 Å². The van der Waals surface area contributed by atoms with Crippen LogP contribution in [0.2, 0.25) is 0 Å². The Kier molecular flexibility index (Phi) is 7.19. The highest BCUT2D eigenvalue weighted by Gasteiger charge is 2.05. The smallest absolute Gasteiger partial charge is 0.335 e. The van der Waals surface area contributed by atoms with Gasteiger partial charge in [-0.3, -0.25) is 0 Å². The minimum absolute atomic E-state index is 0.318. The van der Waals surface area contributed by atoms with E-state index in [2.05, 4.69) is 0 Å². The Morgan fingerprint density at radius 1 is 0.500 bits per heavy atom. The number of hydrogen-bond acceptors (Lipinski definition) is 2. The number of rotatable bonds is 4. The van der Waals surface area contributed by atoms with Crippen molar-refractivity contribution in [3.05, 3.63) is 119 Å². The molecule has 0 aliphatic rings. The molecule has 4 heteroatoms. The van der Waals surface area contributed by atoms with Crippen molar-refractivity contribution >= 4 is 11.9 Å². The van der Waals surface area contributed by atoms with Gasteiger partial charge in [-0.1, -0.05) is 83.9 Å². The molecule has 160 valence electrons. The number of hydrogen-bond donors (Lipinski definition) is 2. The number of aryl methyl sites for hydroxylation is 2. The second kappa shape index (κ2) is 10.2. The number of aromatic carboxylic acids is 2. The molecule has 0 radical (unpaired) electrons. The van der Waals surface area contributed by atoms with Gasteiger partial charge >= 0.3 is 11.9 Å². The van der Waals surface area contributed by atoms with E-state index >= 15 is 0 Å². The summed E-state index contributed by atoms with van der Waals surface area (Å²) < 4.78 is 0. The van der Waals surface area contributed by atoms with Crippen molar-refractivity contribution in [1.29, 1.82) is 0 Å². The Morgan fingerprint density at radius 3 is 1.41 bits per heavy atom. The van der Waals surface area contributed by atoms with Crippen LogP contribution in [0.25, 0.3) is 22.3 Å². The van der Waals surface area contributed by atoms with Gasteiger partial charge in [-0.25, -0.2) is 9.59 Å². The molecule has 4 nitrogen and oxygen atoms in total. The van der Waals surface area contributed by atoms with Gasteiger partial charge < -0.3 is 10.2 Å². The van der Waals surface area contributed by atoms with E-state index in [0.717, 1.165) is 22.3 Å². The molecule has 4 aromatic rings. The van der Waals surface area contributed by atoms with Crippen molar-refractivity contribution in [3.8, 4) is 22.3 Å². The van der Waals surface area contributed by atoms with Gasteiger partial charge in [0.1, 0.15) is 0 Å². The molecular formula is C28H24O4. The van der Waals surface area contributed by atoms with Crippen LogP contribution in [0.15, 0.2) is 97.1 Å². The third kappa shape index (κ3) is 5.92. The van der Waals surface area contributed by atoms with Crippen molar-refractivity contribution in [2.75, 3.05) is 0 Å². The van der Waals surface area contributed by atoms with Gasteiger partial charge in [-0.05, 0) is 60.4 Å². The van der Waals surface area contributed by atoms with Crippen LogP contribution in [0.3, 0.4) is 0 Å². The van der Waals surface area contributed by atoms with Gasteiger partial charge in [0.2, 0.25) is 0 Å². The molecule has 0 saturated heterocycles. The van der Waals surface area contributed by atoms with Crippen LogP contribution >= 0.6 is 0 Å². The minimum Gasteiger partial charge on any atom is -0.478 e. The van der Waals surface area contributed by atoms with Crippen LogP contribution in [0, 0.1) is 13.8 Å². The molecule has 0 fully saturated rings. The van der Waals surface area contributed by atoms with Crippen LogP contribution in [-0.4, -0.2) is 22.2 Å². The van der Waals surface area contributed by atoms with E-state index in [-0.39, 0.29) is 0 Å². The first kappa shape index (κ1) is 22.5. The summed E-state index contributed by atoms with van der Waals surface area (Å²) in [5.41, 5.74) is 6.94. The first-order chi connectivity index (χ1) is 15.3. The van der Waals surface area contributed by atoms with Crippen LogP contribution in [0.4, 0.5) is 0 Å². The van der Waals surface area contributed by atoms with Gasteiger partial charge in [0.15, 0.2) is 0 Å². The quantitative estimate of drug-likeness (QED) is 0.381. The topological polar surface area (TPSA) is 74.6 Å². The molecule has 0 atom stereocenters. The van der Waals surface area contributed by atoms with Crippen LogP contribution < -0.4 is 0 Å². The maximum atomic E-state index is 10.9. The van der Waals surface area contributed by atoms with E-state index in [4.69, 9.17) is 10.2 Å². The van der Waals surface area contributed by atoms with E-state index in [1.807, 2.05) is 74.5 Å². The largest absolute Gasteiger partial charge is 0.478 e. The highest BCUT2D eigenvalue weighted by molar-refractivity contribution is 5.90. The summed E-state index contributed by atoms with van der Waals surface area (Å²) in [6, 6.07) is 30.0. The van der Waals surface area contributed by atoms with Gasteiger partial charge in [-0.15, -0.1) is 0 Å². The Bertz CT molecular complexity index is 1240. The summed E-state index contributed by atoms with van der Waals surface area (Å²) in [4.78, 5) is 21.7. The average Bonchev–Trinajstić information content (AvgIpc) is 2.80. The SMILES string of the molecule is Cc1ccc(-c2cccc(C(=O)O)c2)cc1.Cc1cccc(-c2cccc(C(=O)O)c2)c1. The predicted octanol–water partition coefficient (Wildman–Crippen LogP) is 6.72. The summed E-state index contributed by atoms with van der Waals surface area (Å²) >= 11 is 0. The van der Waals surface area contributed by atoms with Gasteiger partial charge in [0, 0.05) is 0 Å². The fourth-order valence-corrected chi connectivity index (χ4v) is 3.23. The average molecular weight is 424 g/mol. The van der Waals surface area contributed by atoms with Crippen molar-refractivity contribution in [3.63, 3.8) is 0 Å². The molecule has 0 aliphatic carbocycles. The van der Waals surface area contributed by atoms with Crippen LogP contribution in [-0.2, 0) is 0 Å². The number of benzene rings is 4. The zero-order valence-electron chi connectivity index (χ0n) is 17.9. The first-order valence-corrected chi connectivity index (χ1v) is 10.1. The normalized spacial score (nSPS) is 10.1. The van der Waals surface area contributed by atoms with Gasteiger partial charge in [0.25, 0.3) is 0 Å². The predicted molar refractivity (Wildman–Crippen MR) is 127 cm³/mol. The monoisotopic (exact) mass is 424 g/mol. The van der Waals surface area contributed by atoms with E-state index < -0.39 is 11.9 Å². The molecule has 4 aromatic carbocycles. The standard InChI is InChI=1S/2C14H12O2/c1-10-4-2-5-11(8-10)12-6-3-7-13(9-12)14(15)16;1-10-5-7-11(8-6-10)12-3-2-4-13(9-12)14(15)16/h2*2-9H,1H3,(H,15,16). The highest BCUT2D eigenvalue weighted by atomic mass is 16.4. The molecule has 0 heterocycles. The van der Waals surface area contributed by atoms with Gasteiger partial charge in [-0.2, -0.15) is 0 Å². The molecule has 0 aromatic heterocycles. The van der Waals surface area contributed by atoms with Crippen molar-refractivity contribution in [2.45, 2.75) is 13.8 Å². The lowest BCUT2D eigenvalue weighted by Gasteiger charge is -2.03. The molecule has 0 bridgehead atoms. The lowest BCUT2D eigenvalue weighted by Crippen LogP contribution is -1.95. The molecule has 0 unspecified atom stereocenters. The fraction of sp³-hybridized carbons (Fsp3) is 0.0714. The highest BCUT2D eigenvalue weighted by Crippen LogP contribution is 2.22. The van der Waals surface area contributed by atoms with E-state index in [1.54, 1.807) is 36.4 Å². The molecule has 2 N–H and O–H groups in total. The molecule has 4 rings (SSSR count). The molecule has 32 heavy (non-hydrogen) atoms. The van der Waals surface area contributed by atoms with E-state index in [1.165, 1.54) is 11.1 Å². The van der Waals surface area contributed by atoms with E-state index in [0.29, 0.717) is 11.1 Å². The summed E-state index contributed by atoms with van der Waals surface area (Å²) in [6.45, 7) is 4.04. The lowest BCUT2D eigenvalue weighted by atomic mass is 10.0. The maximum absolute atomic E-state index is 10.9. The third-order valence-corrected chi connectivity index (χ3v) is 4.96. The molecular weight excluding hydrogens is 400 g/mol. The lowest BCUT2D eigenvalue weighted by molar-refractivity contribution is 0.0686. The summed E-state index contributed by atoms with van der Waals surface area (Å²) in [5, 5.41) is 17.8. The number of carbonyl (C=O) groups is 2. The number of carboxylic acid groups (broad SMARTS) is 2. The van der Waals surface area contributed by atoms with Crippen LogP contribution in [0.1, 0.15) is 31.8 Å². The van der Waals surface area contributed by atoms with Crippen LogP contribution in [0.5, 0.6) is 0 Å². The van der Waals surface area contributed by atoms with Crippen molar-refractivity contribution in [1.82, 2.24) is 0 Å². The van der Waals surface area contributed by atoms with Crippen molar-refractivity contribution < 1.29 is 19.8 Å². The fourth-order valence-electron chi connectivity index (χ4n) is 3.23. The van der Waals surface area contributed by atoms with E-state index in [9.17, 15) is 9.59 Å². The second-order valence-electron chi connectivity index (χ2n) is 7.51. The second-order valence-corrected chi connectivity index (χ2v) is 7.51. The molecule has 0 amide bonds. The summed E-state index contributed by atoms with van der Waals surface area (Å²) in [7, 11) is 0. The third-order valence-electron chi connectivity index (χ3n) is 4.96. The van der Waals surface area contributed by atoms with Gasteiger partial charge in [0.05, 0.1) is 11.1 Å². The number of carboxylic acids is 2. The zero-order valence-corrected chi connectivity index (χ0v) is 17.9. The summed E-state index contributed by atoms with van der Waals surface area (Å²) in [6.07, 6.45) is 0. The zero-order chi connectivity index (χ0) is 23.1. The Morgan fingerprint density at radius 2 is 0.938 bits per heavy atom. The summed E-state index contributed by atoms with van der Waals surface area (Å²) in [5.74, 6) is -1.79. The minimum atomic E-state index is -0.894. The molecule has 0 saturated carbocycles. The molecule has 0 aliphatic heterocycles. The maximum Gasteiger partial charge on any atom is 0.335 e. The Balaban J connectivity index is 0.000000181.